The summed E-state index contributed by atoms with van der Waals surface area (Å²) in [7, 11) is 1.36. The molecule has 0 radical (unpaired) electrons. The molecule has 0 aliphatic rings. The zero-order valence-corrected chi connectivity index (χ0v) is 11.5. The summed E-state index contributed by atoms with van der Waals surface area (Å²) in [5.41, 5.74) is 3.66. The van der Waals surface area contributed by atoms with Gasteiger partial charge in [0.2, 0.25) is 0 Å². The Kier molecular flexibility index (Phi) is 3.15. The van der Waals surface area contributed by atoms with Crippen LogP contribution in [0, 0.1) is 13.8 Å². The summed E-state index contributed by atoms with van der Waals surface area (Å²) in [6.45, 7) is 4.06. The molecule has 1 aromatic heterocycles. The number of methoxy groups -OCH3 is 1. The highest BCUT2D eigenvalue weighted by Crippen LogP contribution is 2.29. The number of ether oxygens (including phenoxy) is 1. The predicted molar refractivity (Wildman–Crippen MR) is 70.3 cm³/mol. The van der Waals surface area contributed by atoms with E-state index in [9.17, 15) is 4.79 Å². The van der Waals surface area contributed by atoms with Crippen molar-refractivity contribution in [2.24, 2.45) is 0 Å². The number of carbonyl (C=O) groups is 1. The Morgan fingerprint density at radius 3 is 2.71 bits per heavy atom. The van der Waals surface area contributed by atoms with Gasteiger partial charge in [0.1, 0.15) is 0 Å². The van der Waals surface area contributed by atoms with Crippen molar-refractivity contribution in [2.45, 2.75) is 13.8 Å². The number of hydrogen-bond acceptors (Lipinski definition) is 3. The van der Waals surface area contributed by atoms with Crippen molar-refractivity contribution in [3.63, 3.8) is 0 Å². The molecule has 0 unspecified atom stereocenters. The second-order valence-electron chi connectivity index (χ2n) is 3.88. The minimum absolute atomic E-state index is 0.385. The summed E-state index contributed by atoms with van der Waals surface area (Å²) in [5.74, 6) is -0.385. The zero-order chi connectivity index (χ0) is 12.6. The van der Waals surface area contributed by atoms with Gasteiger partial charge in [0.25, 0.3) is 0 Å². The summed E-state index contributed by atoms with van der Waals surface area (Å²) in [6, 6.07) is 3.98. The van der Waals surface area contributed by atoms with E-state index in [1.807, 2.05) is 26.0 Å². The summed E-state index contributed by atoms with van der Waals surface area (Å²) < 4.78 is 5.44. The molecule has 0 N–H and O–H groups in total. The number of hydrogen-bond donors (Lipinski definition) is 0. The van der Waals surface area contributed by atoms with Gasteiger partial charge >= 0.3 is 5.97 Å². The summed E-state index contributed by atoms with van der Waals surface area (Å²) >= 11 is 3.44. The molecule has 0 spiro atoms. The van der Waals surface area contributed by atoms with Gasteiger partial charge in [0.15, 0.2) is 0 Å². The molecule has 2 rings (SSSR count). The number of nitrogens with zero attached hydrogens (tertiary/aromatic N) is 1. The van der Waals surface area contributed by atoms with Crippen molar-refractivity contribution in [1.82, 2.24) is 4.98 Å². The number of carbonyl (C=O) groups excluding carboxylic acids is 1. The smallest absolute Gasteiger partial charge is 0.340 e. The fraction of sp³-hybridized carbons (Fsp3) is 0.231. The molecule has 1 aromatic carbocycles. The Hall–Kier alpha value is -1.42. The van der Waals surface area contributed by atoms with E-state index >= 15 is 0 Å². The highest BCUT2D eigenvalue weighted by Gasteiger charge is 2.15. The third-order valence-corrected chi connectivity index (χ3v) is 3.76. The van der Waals surface area contributed by atoms with E-state index in [1.54, 1.807) is 6.20 Å². The van der Waals surface area contributed by atoms with Crippen LogP contribution in [0.15, 0.2) is 22.8 Å². The number of rotatable bonds is 1. The molecule has 0 saturated carbocycles. The predicted octanol–water partition coefficient (Wildman–Crippen LogP) is 3.40. The molecule has 0 fully saturated rings. The molecule has 0 atom stereocenters. The Bertz CT molecular complexity index is 608. The molecule has 4 heteroatoms. The zero-order valence-electron chi connectivity index (χ0n) is 9.87. The maximum Gasteiger partial charge on any atom is 0.340 e. The van der Waals surface area contributed by atoms with Crippen LogP contribution in [0.3, 0.4) is 0 Å². The summed E-state index contributed by atoms with van der Waals surface area (Å²) in [6.07, 6.45) is 1.55. The van der Waals surface area contributed by atoms with E-state index in [0.29, 0.717) is 5.56 Å². The average Bonchev–Trinajstić information content (AvgIpc) is 2.33. The van der Waals surface area contributed by atoms with Gasteiger partial charge in [0.05, 0.1) is 18.2 Å². The molecule has 1 heterocycles. The lowest BCUT2D eigenvalue weighted by atomic mass is 10.0. The van der Waals surface area contributed by atoms with Crippen molar-refractivity contribution < 1.29 is 9.53 Å². The molecular formula is C13H12BrNO2. The quantitative estimate of drug-likeness (QED) is 0.757. The number of esters is 1. The van der Waals surface area contributed by atoms with Crippen LogP contribution in [0.25, 0.3) is 10.9 Å². The van der Waals surface area contributed by atoms with Crippen molar-refractivity contribution in [3.05, 3.63) is 39.5 Å². The normalized spacial score (nSPS) is 10.6. The highest BCUT2D eigenvalue weighted by atomic mass is 79.9. The van der Waals surface area contributed by atoms with E-state index in [-0.39, 0.29) is 5.97 Å². The molecular weight excluding hydrogens is 282 g/mol. The summed E-state index contributed by atoms with van der Waals surface area (Å²) in [5, 5.41) is 0.927. The maximum atomic E-state index is 11.5. The highest BCUT2D eigenvalue weighted by molar-refractivity contribution is 9.10. The van der Waals surface area contributed by atoms with Gasteiger partial charge in [-0.1, -0.05) is 12.1 Å². The topological polar surface area (TPSA) is 39.2 Å². The van der Waals surface area contributed by atoms with Crippen LogP contribution in [0.4, 0.5) is 0 Å². The van der Waals surface area contributed by atoms with Gasteiger partial charge in [0, 0.05) is 16.1 Å². The van der Waals surface area contributed by atoms with Crippen LogP contribution < -0.4 is 0 Å². The number of benzene rings is 1. The first-order valence-electron chi connectivity index (χ1n) is 5.19. The molecule has 0 bridgehead atoms. The standard InChI is InChI=1S/C13H12BrNO2/c1-7-4-5-9-11(14)10(13(16)17-3)6-15-12(9)8(7)2/h4-6H,1-3H3. The molecule has 0 aliphatic heterocycles. The second kappa shape index (κ2) is 4.45. The largest absolute Gasteiger partial charge is 0.465 e. The van der Waals surface area contributed by atoms with Gasteiger partial charge in [-0.25, -0.2) is 4.79 Å². The van der Waals surface area contributed by atoms with Crippen molar-refractivity contribution in [1.29, 1.82) is 0 Å². The first kappa shape index (κ1) is 12.0. The van der Waals surface area contributed by atoms with Gasteiger partial charge < -0.3 is 4.74 Å². The first-order valence-corrected chi connectivity index (χ1v) is 5.98. The SMILES string of the molecule is COC(=O)c1cnc2c(C)c(C)ccc2c1Br. The van der Waals surface area contributed by atoms with Gasteiger partial charge in [-0.2, -0.15) is 0 Å². The molecule has 0 saturated heterocycles. The maximum absolute atomic E-state index is 11.5. The Balaban J connectivity index is 2.77. The lowest BCUT2D eigenvalue weighted by molar-refractivity contribution is 0.0599. The lowest BCUT2D eigenvalue weighted by Gasteiger charge is -2.09. The van der Waals surface area contributed by atoms with Crippen LogP contribution in [0.1, 0.15) is 21.5 Å². The first-order chi connectivity index (χ1) is 8.06. The lowest BCUT2D eigenvalue weighted by Crippen LogP contribution is -2.04. The van der Waals surface area contributed by atoms with Crippen LogP contribution in [-0.4, -0.2) is 18.1 Å². The molecule has 2 aromatic rings. The number of pyridine rings is 1. The number of aryl methyl sites for hydroxylation is 2. The van der Waals surface area contributed by atoms with E-state index in [4.69, 9.17) is 4.74 Å². The molecule has 0 aliphatic carbocycles. The Morgan fingerprint density at radius 1 is 1.35 bits per heavy atom. The van der Waals surface area contributed by atoms with Gasteiger partial charge in [-0.15, -0.1) is 0 Å². The Morgan fingerprint density at radius 2 is 2.06 bits per heavy atom. The molecule has 88 valence electrons. The minimum atomic E-state index is -0.385. The van der Waals surface area contributed by atoms with Crippen molar-refractivity contribution >= 4 is 32.8 Å². The van der Waals surface area contributed by atoms with Crippen molar-refractivity contribution in [3.8, 4) is 0 Å². The van der Waals surface area contributed by atoms with Crippen molar-refractivity contribution in [2.75, 3.05) is 7.11 Å². The van der Waals surface area contributed by atoms with Crippen LogP contribution in [0.2, 0.25) is 0 Å². The second-order valence-corrected chi connectivity index (χ2v) is 4.67. The van der Waals surface area contributed by atoms with E-state index in [0.717, 1.165) is 20.9 Å². The minimum Gasteiger partial charge on any atom is -0.465 e. The Labute approximate surface area is 108 Å². The number of aromatic nitrogens is 1. The van der Waals surface area contributed by atoms with Gasteiger partial charge in [-0.3, -0.25) is 4.98 Å². The third-order valence-electron chi connectivity index (χ3n) is 2.90. The summed E-state index contributed by atoms with van der Waals surface area (Å²) in [4.78, 5) is 15.9. The van der Waals surface area contributed by atoms with E-state index < -0.39 is 0 Å². The molecule has 0 amide bonds. The van der Waals surface area contributed by atoms with Crippen LogP contribution in [-0.2, 0) is 4.74 Å². The van der Waals surface area contributed by atoms with E-state index in [2.05, 4.69) is 20.9 Å². The van der Waals surface area contributed by atoms with Crippen LogP contribution >= 0.6 is 15.9 Å². The van der Waals surface area contributed by atoms with E-state index in [1.165, 1.54) is 12.7 Å². The van der Waals surface area contributed by atoms with Crippen LogP contribution in [0.5, 0.6) is 0 Å². The fourth-order valence-corrected chi connectivity index (χ4v) is 2.31. The fourth-order valence-electron chi connectivity index (χ4n) is 1.73. The monoisotopic (exact) mass is 293 g/mol. The number of halogens is 1. The number of fused-ring (bicyclic) bond motifs is 1. The molecule has 3 nitrogen and oxygen atoms in total. The van der Waals surface area contributed by atoms with Gasteiger partial charge in [-0.05, 0) is 40.9 Å². The average molecular weight is 294 g/mol. The molecule has 17 heavy (non-hydrogen) atoms. The third kappa shape index (κ3) is 1.93.